The molecule has 0 aliphatic carbocycles. The monoisotopic (exact) mass is 208 g/mol. The molecule has 0 aliphatic rings. The molecule has 0 saturated heterocycles. The predicted molar refractivity (Wildman–Crippen MR) is 54.9 cm³/mol. The van der Waals surface area contributed by atoms with Crippen LogP contribution >= 0.6 is 0 Å². The number of nitrogens with zero attached hydrogens (tertiary/aromatic N) is 3. The van der Waals surface area contributed by atoms with E-state index < -0.39 is 0 Å². The molecule has 0 aliphatic heterocycles. The summed E-state index contributed by atoms with van der Waals surface area (Å²) in [7, 11) is 7.00. The normalized spacial score (nSPS) is 6.50. The topological polar surface area (TPSA) is 42.3 Å². The molecule has 12 heavy (non-hydrogen) atoms. The Hall–Kier alpha value is 0.594. The molecular formula is C8H22N3Ti. The SMILES string of the molecule is CC[N-]CC.C[N-]C.C[N-]C.[Ti+3]. The van der Waals surface area contributed by atoms with Crippen LogP contribution in [0.3, 0.4) is 0 Å². The molecule has 0 bridgehead atoms. The smallest absolute Gasteiger partial charge is 0.668 e. The van der Waals surface area contributed by atoms with Crippen molar-refractivity contribution in [2.45, 2.75) is 13.8 Å². The molecule has 0 unspecified atom stereocenters. The second-order valence-corrected chi connectivity index (χ2v) is 1.75. The second kappa shape index (κ2) is 41.6. The van der Waals surface area contributed by atoms with Crippen LogP contribution in [0.5, 0.6) is 0 Å². The van der Waals surface area contributed by atoms with E-state index in [0.717, 1.165) is 13.1 Å². The summed E-state index contributed by atoms with van der Waals surface area (Å²) in [5.41, 5.74) is 0. The molecule has 0 rings (SSSR count). The molecular weight excluding hydrogens is 186 g/mol. The first-order valence-corrected chi connectivity index (χ1v) is 3.84. The van der Waals surface area contributed by atoms with Crippen LogP contribution in [0.2, 0.25) is 0 Å². The maximum atomic E-state index is 3.97. The van der Waals surface area contributed by atoms with E-state index in [1.54, 1.807) is 28.2 Å². The summed E-state index contributed by atoms with van der Waals surface area (Å²) < 4.78 is 0. The van der Waals surface area contributed by atoms with Crippen LogP contribution in [0.4, 0.5) is 0 Å². The molecule has 0 saturated carbocycles. The van der Waals surface area contributed by atoms with Crippen LogP contribution in [-0.2, 0) is 21.7 Å². The predicted octanol–water partition coefficient (Wildman–Crippen LogP) is 2.64. The molecule has 3 nitrogen and oxygen atoms in total. The second-order valence-electron chi connectivity index (χ2n) is 1.75. The van der Waals surface area contributed by atoms with Gasteiger partial charge in [-0.1, -0.05) is 13.8 Å². The third kappa shape index (κ3) is 145. The molecule has 0 N–H and O–H groups in total. The van der Waals surface area contributed by atoms with Crippen LogP contribution in [0.15, 0.2) is 0 Å². The molecule has 0 fully saturated rings. The van der Waals surface area contributed by atoms with Crippen molar-refractivity contribution >= 4 is 0 Å². The third-order valence-electron chi connectivity index (χ3n) is 0.447. The van der Waals surface area contributed by atoms with Gasteiger partial charge in [0.1, 0.15) is 0 Å². The molecule has 4 heteroatoms. The Morgan fingerprint density at radius 3 is 0.917 bits per heavy atom. The van der Waals surface area contributed by atoms with E-state index in [4.69, 9.17) is 0 Å². The van der Waals surface area contributed by atoms with Crippen LogP contribution in [-0.4, -0.2) is 41.3 Å². The van der Waals surface area contributed by atoms with Crippen LogP contribution in [0.1, 0.15) is 13.8 Å². The Labute approximate surface area is 93.0 Å². The van der Waals surface area contributed by atoms with Crippen molar-refractivity contribution in [1.82, 2.24) is 0 Å². The maximum Gasteiger partial charge on any atom is 3.00 e. The van der Waals surface area contributed by atoms with Gasteiger partial charge >= 0.3 is 21.7 Å². The minimum absolute atomic E-state index is 0. The van der Waals surface area contributed by atoms with Crippen LogP contribution < -0.4 is 0 Å². The van der Waals surface area contributed by atoms with Gasteiger partial charge in [-0.2, -0.15) is 41.3 Å². The van der Waals surface area contributed by atoms with Gasteiger partial charge in [-0.05, 0) is 0 Å². The van der Waals surface area contributed by atoms with Gasteiger partial charge in [-0.3, -0.25) is 0 Å². The Balaban J connectivity index is -0.0000000406. The molecule has 0 aromatic heterocycles. The van der Waals surface area contributed by atoms with Crippen LogP contribution in [0.25, 0.3) is 16.0 Å². The third-order valence-corrected chi connectivity index (χ3v) is 0.447. The van der Waals surface area contributed by atoms with Gasteiger partial charge in [0.2, 0.25) is 0 Å². The summed E-state index contributed by atoms with van der Waals surface area (Å²) in [5.74, 6) is 0. The standard InChI is InChI=1S/C4H10N.2C2H6N.Ti/c1-3-5-4-2;2*1-3-2;/h3-4H2,1-2H3;2*1-2H3;/q3*-1;+3. The van der Waals surface area contributed by atoms with E-state index in [-0.39, 0.29) is 21.7 Å². The van der Waals surface area contributed by atoms with E-state index >= 15 is 0 Å². The molecule has 0 heterocycles. The first-order chi connectivity index (χ1) is 5.24. The van der Waals surface area contributed by atoms with Gasteiger partial charge in [0.05, 0.1) is 0 Å². The Morgan fingerprint density at radius 1 is 0.750 bits per heavy atom. The Bertz CT molecular complexity index is 33.5. The van der Waals surface area contributed by atoms with E-state index in [1.807, 2.05) is 13.8 Å². The first-order valence-electron chi connectivity index (χ1n) is 3.84. The van der Waals surface area contributed by atoms with Crippen molar-refractivity contribution in [2.75, 3.05) is 41.3 Å². The van der Waals surface area contributed by atoms with Gasteiger partial charge in [0.25, 0.3) is 0 Å². The average molecular weight is 208 g/mol. The fourth-order valence-corrected chi connectivity index (χ4v) is 0.224. The molecule has 73 valence electrons. The zero-order valence-corrected chi connectivity index (χ0v) is 10.8. The fraction of sp³-hybridized carbons (Fsp3) is 1.00. The van der Waals surface area contributed by atoms with Crippen molar-refractivity contribution in [3.05, 3.63) is 16.0 Å². The molecule has 0 amide bonds. The molecule has 1 radical (unpaired) electrons. The number of hydrogen-bond donors (Lipinski definition) is 0. The van der Waals surface area contributed by atoms with E-state index in [9.17, 15) is 0 Å². The Kier molecular flexibility index (Phi) is 79.4. The van der Waals surface area contributed by atoms with Crippen molar-refractivity contribution in [3.8, 4) is 0 Å². The van der Waals surface area contributed by atoms with Gasteiger partial charge in [0, 0.05) is 0 Å². The fourth-order valence-electron chi connectivity index (χ4n) is 0.224. The van der Waals surface area contributed by atoms with Crippen molar-refractivity contribution in [1.29, 1.82) is 0 Å². The summed E-state index contributed by atoms with van der Waals surface area (Å²) in [6.45, 7) is 6.03. The summed E-state index contributed by atoms with van der Waals surface area (Å²) >= 11 is 0. The molecule has 0 atom stereocenters. The molecule has 0 aromatic carbocycles. The first kappa shape index (κ1) is 22.9. The number of rotatable bonds is 2. The van der Waals surface area contributed by atoms with Gasteiger partial charge < -0.3 is 16.0 Å². The molecule has 0 spiro atoms. The maximum absolute atomic E-state index is 3.97. The summed E-state index contributed by atoms with van der Waals surface area (Å²) in [5, 5.41) is 11.0. The minimum Gasteiger partial charge on any atom is -0.668 e. The number of hydrogen-bond acceptors (Lipinski definition) is 0. The zero-order valence-electron chi connectivity index (χ0n) is 9.26. The van der Waals surface area contributed by atoms with Gasteiger partial charge in [0.15, 0.2) is 0 Å². The van der Waals surface area contributed by atoms with Gasteiger partial charge in [-0.25, -0.2) is 0 Å². The quantitative estimate of drug-likeness (QED) is 0.626. The van der Waals surface area contributed by atoms with Crippen molar-refractivity contribution < 1.29 is 21.7 Å². The summed E-state index contributed by atoms with van der Waals surface area (Å²) in [4.78, 5) is 0. The molecule has 0 aromatic rings. The largest absolute Gasteiger partial charge is 3.00 e. The average Bonchev–Trinajstić information content (AvgIpc) is 1.92. The Morgan fingerprint density at radius 2 is 0.917 bits per heavy atom. The van der Waals surface area contributed by atoms with E-state index in [0.29, 0.717) is 0 Å². The van der Waals surface area contributed by atoms with E-state index in [1.165, 1.54) is 0 Å². The van der Waals surface area contributed by atoms with Crippen molar-refractivity contribution in [2.24, 2.45) is 0 Å². The van der Waals surface area contributed by atoms with E-state index in [2.05, 4.69) is 16.0 Å². The summed E-state index contributed by atoms with van der Waals surface area (Å²) in [6, 6.07) is 0. The zero-order chi connectivity index (χ0) is 9.54. The van der Waals surface area contributed by atoms with Crippen LogP contribution in [0, 0.1) is 0 Å². The summed E-state index contributed by atoms with van der Waals surface area (Å²) in [6.07, 6.45) is 0. The minimum atomic E-state index is 0. The van der Waals surface area contributed by atoms with Gasteiger partial charge in [-0.15, -0.1) is 0 Å². The van der Waals surface area contributed by atoms with Crippen molar-refractivity contribution in [3.63, 3.8) is 0 Å².